The van der Waals surface area contributed by atoms with E-state index in [0.29, 0.717) is 27.8 Å². The van der Waals surface area contributed by atoms with E-state index in [1.807, 2.05) is 0 Å². The fourth-order valence-corrected chi connectivity index (χ4v) is 4.86. The summed E-state index contributed by atoms with van der Waals surface area (Å²) in [7, 11) is -2.43. The monoisotopic (exact) mass is 440 g/mol. The lowest BCUT2D eigenvalue weighted by molar-refractivity contribution is 0.414. The van der Waals surface area contributed by atoms with Crippen molar-refractivity contribution in [2.24, 2.45) is 0 Å². The number of hydrogen-bond acceptors (Lipinski definition) is 4. The molecule has 0 spiro atoms. The topological polar surface area (TPSA) is 72.1 Å². The Balaban J connectivity index is 1.88. The number of aromatic nitrogens is 1. The second-order valence-electron chi connectivity index (χ2n) is 6.49. The number of rotatable bonds is 4. The van der Waals surface area contributed by atoms with Crippen molar-refractivity contribution in [2.45, 2.75) is 4.90 Å². The van der Waals surface area contributed by atoms with E-state index < -0.39 is 15.8 Å². The number of nitriles is 1. The minimum absolute atomic E-state index is 0.0617. The Labute approximate surface area is 177 Å². The Bertz CT molecular complexity index is 1420. The molecule has 0 unspecified atom stereocenters. The van der Waals surface area contributed by atoms with Crippen molar-refractivity contribution in [3.05, 3.63) is 83.3 Å². The first-order chi connectivity index (χ1) is 14.3. The van der Waals surface area contributed by atoms with Gasteiger partial charge in [-0.15, -0.1) is 0 Å². The van der Waals surface area contributed by atoms with Crippen LogP contribution in [0.25, 0.3) is 22.0 Å². The fraction of sp³-hybridized carbons (Fsp3) is 0.0455. The molecule has 0 saturated carbocycles. The van der Waals surface area contributed by atoms with Crippen LogP contribution < -0.4 is 4.74 Å². The molecular formula is C22H14ClFN2O3S. The molecule has 0 atom stereocenters. The minimum Gasteiger partial charge on any atom is -0.497 e. The molecule has 3 aromatic carbocycles. The van der Waals surface area contributed by atoms with Crippen LogP contribution in [-0.4, -0.2) is 19.5 Å². The van der Waals surface area contributed by atoms with Crippen LogP contribution in [0.5, 0.6) is 5.75 Å². The van der Waals surface area contributed by atoms with Crippen molar-refractivity contribution in [1.29, 1.82) is 5.26 Å². The second-order valence-corrected chi connectivity index (χ2v) is 8.71. The average Bonchev–Trinajstić information content (AvgIpc) is 3.10. The van der Waals surface area contributed by atoms with Gasteiger partial charge in [-0.2, -0.15) is 5.26 Å². The van der Waals surface area contributed by atoms with Crippen LogP contribution in [0, 0.1) is 17.1 Å². The van der Waals surface area contributed by atoms with E-state index in [9.17, 15) is 12.8 Å². The number of methoxy groups -OCH3 is 1. The third-order valence-corrected chi connectivity index (χ3v) is 6.75. The molecule has 1 heterocycles. The molecule has 0 radical (unpaired) electrons. The van der Waals surface area contributed by atoms with Crippen LogP contribution in [0.3, 0.4) is 0 Å². The zero-order chi connectivity index (χ0) is 21.5. The van der Waals surface area contributed by atoms with Crippen LogP contribution >= 0.6 is 11.6 Å². The van der Waals surface area contributed by atoms with E-state index in [4.69, 9.17) is 21.6 Å². The van der Waals surface area contributed by atoms with E-state index in [1.54, 1.807) is 42.5 Å². The normalized spacial score (nSPS) is 11.4. The number of fused-ring (bicyclic) bond motifs is 1. The lowest BCUT2D eigenvalue weighted by Gasteiger charge is -2.10. The van der Waals surface area contributed by atoms with Crippen LogP contribution in [0.15, 0.2) is 71.8 Å². The van der Waals surface area contributed by atoms with Gasteiger partial charge in [0.25, 0.3) is 10.0 Å². The van der Waals surface area contributed by atoms with Crippen molar-refractivity contribution in [1.82, 2.24) is 3.97 Å². The van der Waals surface area contributed by atoms with Crippen LogP contribution in [0.4, 0.5) is 4.39 Å². The molecule has 0 aliphatic heterocycles. The molecule has 8 heteroatoms. The highest BCUT2D eigenvalue weighted by Gasteiger charge is 2.21. The quantitative estimate of drug-likeness (QED) is 0.436. The molecule has 4 aromatic rings. The molecule has 5 nitrogen and oxygen atoms in total. The first-order valence-corrected chi connectivity index (χ1v) is 10.6. The Morgan fingerprint density at radius 1 is 1.03 bits per heavy atom. The highest BCUT2D eigenvalue weighted by atomic mass is 35.5. The predicted octanol–water partition coefficient (Wildman–Crippen LogP) is 5.22. The Hall–Kier alpha value is -3.34. The lowest BCUT2D eigenvalue weighted by Crippen LogP contribution is -2.11. The Kier molecular flexibility index (Phi) is 4.98. The van der Waals surface area contributed by atoms with Gasteiger partial charge in [0.2, 0.25) is 0 Å². The van der Waals surface area contributed by atoms with Gasteiger partial charge in [-0.1, -0.05) is 29.8 Å². The maximum Gasteiger partial charge on any atom is 0.268 e. The molecule has 4 rings (SSSR count). The molecule has 0 saturated heterocycles. The highest BCUT2D eigenvalue weighted by Crippen LogP contribution is 2.33. The number of benzene rings is 3. The van der Waals surface area contributed by atoms with Crippen molar-refractivity contribution in [3.8, 4) is 22.9 Å². The lowest BCUT2D eigenvalue weighted by atomic mass is 10.0. The first kappa shape index (κ1) is 20.0. The van der Waals surface area contributed by atoms with E-state index in [0.717, 1.165) is 3.97 Å². The number of ether oxygens (including phenoxy) is 1. The van der Waals surface area contributed by atoms with E-state index in [2.05, 4.69) is 0 Å². The standard InChI is InChI=1S/C22H14ClFN2O3S/c1-29-17-5-7-18(8-6-17)30(27,28)26-13-20(23)19-9-4-15(11-22(19)26)14-2-3-16(12-25)21(24)10-14/h2-11,13H,1H3. The van der Waals surface area contributed by atoms with Crippen molar-refractivity contribution < 1.29 is 17.5 Å². The van der Waals surface area contributed by atoms with Gasteiger partial charge in [-0.3, -0.25) is 0 Å². The Morgan fingerprint density at radius 3 is 2.33 bits per heavy atom. The molecule has 0 fully saturated rings. The van der Waals surface area contributed by atoms with Gasteiger partial charge in [0.1, 0.15) is 17.6 Å². The van der Waals surface area contributed by atoms with Gasteiger partial charge in [0.15, 0.2) is 0 Å². The zero-order valence-electron chi connectivity index (χ0n) is 15.6. The first-order valence-electron chi connectivity index (χ1n) is 8.75. The summed E-state index contributed by atoms with van der Waals surface area (Å²) in [6, 6.07) is 17.1. The molecular weight excluding hydrogens is 427 g/mol. The SMILES string of the molecule is COc1ccc(S(=O)(=O)n2cc(Cl)c3ccc(-c4ccc(C#N)c(F)c4)cc32)cc1. The summed E-state index contributed by atoms with van der Waals surface area (Å²) in [6.45, 7) is 0. The van der Waals surface area contributed by atoms with Gasteiger partial charge in [0, 0.05) is 11.6 Å². The van der Waals surface area contributed by atoms with Gasteiger partial charge >= 0.3 is 0 Å². The average molecular weight is 441 g/mol. The summed E-state index contributed by atoms with van der Waals surface area (Å²) in [5.41, 5.74) is 1.40. The van der Waals surface area contributed by atoms with E-state index in [1.165, 1.54) is 37.6 Å². The van der Waals surface area contributed by atoms with Crippen molar-refractivity contribution >= 4 is 32.5 Å². The minimum atomic E-state index is -3.93. The molecule has 0 amide bonds. The zero-order valence-corrected chi connectivity index (χ0v) is 17.2. The van der Waals surface area contributed by atoms with E-state index >= 15 is 0 Å². The Morgan fingerprint density at radius 2 is 1.70 bits per heavy atom. The highest BCUT2D eigenvalue weighted by molar-refractivity contribution is 7.90. The van der Waals surface area contributed by atoms with Gasteiger partial charge in [-0.05, 0) is 53.6 Å². The van der Waals surface area contributed by atoms with Crippen LogP contribution in [0.1, 0.15) is 5.56 Å². The predicted molar refractivity (Wildman–Crippen MR) is 113 cm³/mol. The molecule has 150 valence electrons. The van der Waals surface area contributed by atoms with Crippen molar-refractivity contribution in [3.63, 3.8) is 0 Å². The smallest absolute Gasteiger partial charge is 0.268 e. The number of nitrogens with zero attached hydrogens (tertiary/aromatic N) is 2. The maximum atomic E-state index is 14.1. The van der Waals surface area contributed by atoms with Crippen LogP contribution in [0.2, 0.25) is 5.02 Å². The molecule has 0 aliphatic carbocycles. The number of hydrogen-bond donors (Lipinski definition) is 0. The second kappa shape index (κ2) is 7.48. The third kappa shape index (κ3) is 3.30. The summed E-state index contributed by atoms with van der Waals surface area (Å²) < 4.78 is 46.7. The summed E-state index contributed by atoms with van der Waals surface area (Å²) in [4.78, 5) is 0.0756. The summed E-state index contributed by atoms with van der Waals surface area (Å²) >= 11 is 6.28. The molecule has 0 bridgehead atoms. The summed E-state index contributed by atoms with van der Waals surface area (Å²) in [6.07, 6.45) is 1.34. The molecule has 30 heavy (non-hydrogen) atoms. The third-order valence-electron chi connectivity index (χ3n) is 4.76. The largest absolute Gasteiger partial charge is 0.497 e. The summed E-state index contributed by atoms with van der Waals surface area (Å²) in [5, 5.41) is 9.73. The number of halogens is 2. The van der Waals surface area contributed by atoms with Gasteiger partial charge < -0.3 is 4.74 Å². The van der Waals surface area contributed by atoms with Crippen molar-refractivity contribution in [2.75, 3.05) is 7.11 Å². The van der Waals surface area contributed by atoms with Gasteiger partial charge in [0.05, 0.1) is 28.1 Å². The van der Waals surface area contributed by atoms with E-state index in [-0.39, 0.29) is 15.5 Å². The maximum absolute atomic E-state index is 14.1. The summed E-state index contributed by atoms with van der Waals surface area (Å²) in [5.74, 6) is -0.108. The van der Waals surface area contributed by atoms with Crippen LogP contribution in [-0.2, 0) is 10.0 Å². The molecule has 1 aromatic heterocycles. The fourth-order valence-electron chi connectivity index (χ4n) is 3.18. The molecule has 0 aliphatic rings. The van der Waals surface area contributed by atoms with Gasteiger partial charge in [-0.25, -0.2) is 16.8 Å². The molecule has 0 N–H and O–H groups in total.